The van der Waals surface area contributed by atoms with Gasteiger partial charge in [-0.05, 0) is 50.0 Å². The zero-order chi connectivity index (χ0) is 35.9. The fraction of sp³-hybridized carbons (Fsp3) is 0.692. The van der Waals surface area contributed by atoms with Gasteiger partial charge in [0, 0.05) is 52.5 Å². The van der Waals surface area contributed by atoms with E-state index in [0.29, 0.717) is 69.8 Å². The first-order valence-corrected chi connectivity index (χ1v) is 18.5. The number of carbonyl (C=O) groups is 4. The standard InChI is InChI=1S/C39H62N4O6/c1-27(2)22-34(39(49)40-33(25-30-14-10-7-11-15-30)37(47)35(45)23-28(3)4)41-38(48)31(24-29-12-8-6-9-13-29)26-36(46)42(5)20-21-43-18-16-32(44)17-19-43/h6,8-9,12-13,28,30-31,33-35,37,45,47H,1,7,10-11,14-26H2,2-5H3,(H,40,49)(H,41,48)/t31-,33+,34?,35+,37?/m1/s1. The molecule has 1 saturated carbocycles. The molecule has 0 spiro atoms. The number of hydrogen-bond acceptors (Lipinski definition) is 7. The summed E-state index contributed by atoms with van der Waals surface area (Å²) < 4.78 is 0. The van der Waals surface area contributed by atoms with Gasteiger partial charge in [-0.15, -0.1) is 6.58 Å². The SMILES string of the molecule is C=C(C)CC(NC(=O)[C@@H](CC(=O)N(C)CCN1CCC(=O)CC1)Cc1ccccc1)C(=O)N[C@@H](CC1CCCCC1)C(O)[C@@H](O)CC(C)C. The summed E-state index contributed by atoms with van der Waals surface area (Å²) in [6.45, 7) is 12.3. The molecule has 0 aromatic heterocycles. The maximum Gasteiger partial charge on any atom is 0.243 e. The lowest BCUT2D eigenvalue weighted by molar-refractivity contribution is -0.137. The number of Topliss-reactive ketones (excluding diaryl/α,β-unsaturated/α-hetero) is 1. The fourth-order valence-corrected chi connectivity index (χ4v) is 7.05. The molecule has 274 valence electrons. The van der Waals surface area contributed by atoms with Gasteiger partial charge in [0.25, 0.3) is 0 Å². The van der Waals surface area contributed by atoms with E-state index in [-0.39, 0.29) is 30.4 Å². The average Bonchev–Trinajstić information content (AvgIpc) is 3.06. The van der Waals surface area contributed by atoms with Crippen LogP contribution < -0.4 is 10.6 Å². The Balaban J connectivity index is 1.74. The van der Waals surface area contributed by atoms with Gasteiger partial charge in [0.05, 0.1) is 18.1 Å². The molecule has 10 heteroatoms. The second-order valence-electron chi connectivity index (χ2n) is 15.1. The van der Waals surface area contributed by atoms with Crippen LogP contribution in [0.4, 0.5) is 0 Å². The number of rotatable bonds is 19. The summed E-state index contributed by atoms with van der Waals surface area (Å²) in [5.41, 5.74) is 1.62. The highest BCUT2D eigenvalue weighted by molar-refractivity contribution is 5.91. The lowest BCUT2D eigenvalue weighted by atomic mass is 9.82. The van der Waals surface area contributed by atoms with E-state index < -0.39 is 42.0 Å². The van der Waals surface area contributed by atoms with Gasteiger partial charge in [0.2, 0.25) is 17.7 Å². The fourth-order valence-electron chi connectivity index (χ4n) is 7.05. The van der Waals surface area contributed by atoms with Crippen molar-refractivity contribution in [3.8, 4) is 0 Å². The largest absolute Gasteiger partial charge is 0.390 e. The minimum atomic E-state index is -1.14. The van der Waals surface area contributed by atoms with Crippen LogP contribution in [-0.2, 0) is 25.6 Å². The molecule has 2 fully saturated rings. The Morgan fingerprint density at radius 3 is 2.24 bits per heavy atom. The molecular formula is C39H62N4O6. The molecule has 2 aliphatic rings. The molecule has 1 saturated heterocycles. The topological polar surface area (TPSA) is 139 Å². The van der Waals surface area contributed by atoms with E-state index in [1.54, 1.807) is 18.9 Å². The van der Waals surface area contributed by atoms with Crippen molar-refractivity contribution in [3.05, 3.63) is 48.0 Å². The van der Waals surface area contributed by atoms with Gasteiger partial charge in [0.15, 0.2) is 0 Å². The smallest absolute Gasteiger partial charge is 0.243 e. The Bertz CT molecular complexity index is 1210. The number of carbonyl (C=O) groups excluding carboxylic acids is 4. The minimum Gasteiger partial charge on any atom is -0.390 e. The quantitative estimate of drug-likeness (QED) is 0.162. The van der Waals surface area contributed by atoms with E-state index in [0.717, 1.165) is 31.2 Å². The number of amides is 3. The molecule has 1 aromatic carbocycles. The van der Waals surface area contributed by atoms with Gasteiger partial charge in [-0.25, -0.2) is 0 Å². The van der Waals surface area contributed by atoms with Gasteiger partial charge in [-0.2, -0.15) is 0 Å². The monoisotopic (exact) mass is 682 g/mol. The van der Waals surface area contributed by atoms with Gasteiger partial charge >= 0.3 is 0 Å². The predicted octanol–water partition coefficient (Wildman–Crippen LogP) is 4.03. The van der Waals surface area contributed by atoms with Gasteiger partial charge < -0.3 is 30.6 Å². The minimum absolute atomic E-state index is 0.0263. The summed E-state index contributed by atoms with van der Waals surface area (Å²) in [7, 11) is 1.73. The third-order valence-electron chi connectivity index (χ3n) is 10.1. The highest BCUT2D eigenvalue weighted by Gasteiger charge is 2.34. The van der Waals surface area contributed by atoms with Crippen LogP contribution >= 0.6 is 0 Å². The summed E-state index contributed by atoms with van der Waals surface area (Å²) in [5, 5.41) is 28.1. The molecule has 4 N–H and O–H groups in total. The molecule has 2 unspecified atom stereocenters. The second-order valence-corrected chi connectivity index (χ2v) is 15.1. The van der Waals surface area contributed by atoms with Crippen LogP contribution in [0.1, 0.15) is 97.0 Å². The van der Waals surface area contributed by atoms with Crippen LogP contribution in [0.25, 0.3) is 0 Å². The number of likely N-dealkylation sites (tertiary alicyclic amines) is 1. The van der Waals surface area contributed by atoms with Crippen LogP contribution in [-0.4, -0.2) is 101 Å². The summed E-state index contributed by atoms with van der Waals surface area (Å²) in [6, 6.07) is 7.90. The normalized spacial score (nSPS) is 19.0. The third-order valence-corrected chi connectivity index (χ3v) is 10.1. The van der Waals surface area contributed by atoms with Gasteiger partial charge in [-0.1, -0.05) is 81.9 Å². The van der Waals surface area contributed by atoms with Crippen LogP contribution in [0.5, 0.6) is 0 Å². The molecule has 49 heavy (non-hydrogen) atoms. The van der Waals surface area contributed by atoms with E-state index in [2.05, 4.69) is 22.1 Å². The number of hydrogen-bond donors (Lipinski definition) is 4. The van der Waals surface area contributed by atoms with Gasteiger partial charge in [-0.3, -0.25) is 19.2 Å². The summed E-state index contributed by atoms with van der Waals surface area (Å²) in [6.07, 6.45) is 5.85. The van der Waals surface area contributed by atoms with Crippen molar-refractivity contribution in [2.75, 3.05) is 33.2 Å². The Kier molecular flexibility index (Phi) is 16.9. The number of nitrogens with one attached hydrogen (secondary N) is 2. The van der Waals surface area contributed by atoms with E-state index >= 15 is 0 Å². The number of aliphatic hydroxyl groups is 2. The zero-order valence-electron chi connectivity index (χ0n) is 30.4. The lowest BCUT2D eigenvalue weighted by Gasteiger charge is -2.34. The Morgan fingerprint density at radius 2 is 1.63 bits per heavy atom. The van der Waals surface area contributed by atoms with Crippen LogP contribution in [0.2, 0.25) is 0 Å². The first kappa shape index (κ1) is 40.4. The summed E-state index contributed by atoms with van der Waals surface area (Å²) in [5.74, 6) is -0.939. The van der Waals surface area contributed by atoms with Crippen molar-refractivity contribution in [1.82, 2.24) is 20.4 Å². The number of nitrogens with zero attached hydrogens (tertiary/aromatic N) is 2. The first-order valence-electron chi connectivity index (χ1n) is 18.5. The van der Waals surface area contributed by atoms with E-state index in [4.69, 9.17) is 0 Å². The van der Waals surface area contributed by atoms with E-state index in [1.165, 1.54) is 6.42 Å². The summed E-state index contributed by atoms with van der Waals surface area (Å²) >= 11 is 0. The molecule has 1 aliphatic heterocycles. The van der Waals surface area contributed by atoms with Crippen molar-refractivity contribution < 1.29 is 29.4 Å². The molecule has 3 rings (SSSR count). The molecule has 0 radical (unpaired) electrons. The zero-order valence-corrected chi connectivity index (χ0v) is 30.4. The van der Waals surface area contributed by atoms with Crippen molar-refractivity contribution in [3.63, 3.8) is 0 Å². The highest BCUT2D eigenvalue weighted by Crippen LogP contribution is 2.29. The molecule has 3 amide bonds. The van der Waals surface area contributed by atoms with E-state index in [9.17, 15) is 29.4 Å². The van der Waals surface area contributed by atoms with Crippen molar-refractivity contribution >= 4 is 23.5 Å². The number of benzene rings is 1. The first-order chi connectivity index (χ1) is 23.3. The molecule has 0 bridgehead atoms. The van der Waals surface area contributed by atoms with Crippen LogP contribution in [0, 0.1) is 17.8 Å². The molecule has 1 heterocycles. The average molecular weight is 683 g/mol. The number of likely N-dealkylation sites (N-methyl/N-ethyl adjacent to an activating group) is 1. The molecular weight excluding hydrogens is 620 g/mol. The molecule has 10 nitrogen and oxygen atoms in total. The predicted molar refractivity (Wildman–Crippen MR) is 193 cm³/mol. The maximum atomic E-state index is 14.0. The Hall–Kier alpha value is -3.08. The Morgan fingerprint density at radius 1 is 0.980 bits per heavy atom. The lowest BCUT2D eigenvalue weighted by Crippen LogP contribution is -2.56. The maximum absolute atomic E-state index is 14.0. The third kappa shape index (κ3) is 14.4. The van der Waals surface area contributed by atoms with Crippen molar-refractivity contribution in [1.29, 1.82) is 0 Å². The molecule has 1 aromatic rings. The van der Waals surface area contributed by atoms with Crippen LogP contribution in [0.15, 0.2) is 42.5 Å². The van der Waals surface area contributed by atoms with Crippen LogP contribution in [0.3, 0.4) is 0 Å². The van der Waals surface area contributed by atoms with Crippen molar-refractivity contribution in [2.45, 2.75) is 122 Å². The number of aliphatic hydroxyl groups excluding tert-OH is 2. The van der Waals surface area contributed by atoms with Gasteiger partial charge in [0.1, 0.15) is 17.9 Å². The molecule has 5 atom stereocenters. The van der Waals surface area contributed by atoms with E-state index in [1.807, 2.05) is 44.2 Å². The second kappa shape index (κ2) is 20.6. The van der Waals surface area contributed by atoms with Crippen molar-refractivity contribution in [2.24, 2.45) is 17.8 Å². The Labute approximate surface area is 294 Å². The number of piperidine rings is 1. The number of ketones is 1. The highest BCUT2D eigenvalue weighted by atomic mass is 16.3. The summed E-state index contributed by atoms with van der Waals surface area (Å²) in [4.78, 5) is 56.8. The molecule has 1 aliphatic carbocycles.